The molecule has 0 amide bonds. The molecule has 5 N–H and O–H groups in total. The monoisotopic (exact) mass is 899 g/mol. The predicted molar refractivity (Wildman–Crippen MR) is 274 cm³/mol. The molecule has 2 atom stereocenters. The van der Waals surface area contributed by atoms with E-state index in [-0.39, 0.29) is 0 Å². The first-order chi connectivity index (χ1) is 31.3. The van der Waals surface area contributed by atoms with Crippen LogP contribution in [0.15, 0.2) is 103 Å². The van der Waals surface area contributed by atoms with Crippen LogP contribution in [0.25, 0.3) is 29.3 Å². The number of imidazole rings is 1. The number of nitrogens with zero attached hydrogens (tertiary/aromatic N) is 5. The fourth-order valence-electron chi connectivity index (χ4n) is 9.85. The third-order valence-corrected chi connectivity index (χ3v) is 16.7. The van der Waals surface area contributed by atoms with Gasteiger partial charge in [-0.2, -0.15) is 0 Å². The summed E-state index contributed by atoms with van der Waals surface area (Å²) in [6, 6.07) is 35.7. The maximum absolute atomic E-state index is 11.2. The summed E-state index contributed by atoms with van der Waals surface area (Å²) < 4.78 is 4.45. The number of hydrogen-bond acceptors (Lipinski definition) is 8. The molecule has 64 heavy (non-hydrogen) atoms. The van der Waals surface area contributed by atoms with Crippen LogP contribution in [0, 0.1) is 10.8 Å². The van der Waals surface area contributed by atoms with Gasteiger partial charge in [0.25, 0.3) is 5.82 Å². The van der Waals surface area contributed by atoms with Gasteiger partial charge in [0, 0.05) is 87.9 Å². The van der Waals surface area contributed by atoms with Crippen molar-refractivity contribution in [2.45, 2.75) is 64.3 Å². The smallest absolute Gasteiger partial charge is 0.282 e. The minimum Gasteiger partial charge on any atom is -0.374 e. The number of rotatable bonds is 22. The van der Waals surface area contributed by atoms with Crippen LogP contribution in [0.3, 0.4) is 0 Å². The summed E-state index contributed by atoms with van der Waals surface area (Å²) in [4.78, 5) is 7.47. The van der Waals surface area contributed by atoms with Crippen molar-refractivity contribution in [3.05, 3.63) is 120 Å². The Morgan fingerprint density at radius 3 is 1.98 bits per heavy atom. The van der Waals surface area contributed by atoms with Gasteiger partial charge in [-0.15, -0.1) is 0 Å². The fraction of sp³-hybridized carbons (Fsp3) is 0.453. The molecule has 4 aliphatic rings. The van der Waals surface area contributed by atoms with Gasteiger partial charge in [-0.25, -0.2) is 9.13 Å². The van der Waals surface area contributed by atoms with Crippen molar-refractivity contribution in [2.24, 2.45) is 17.9 Å². The van der Waals surface area contributed by atoms with E-state index in [1.807, 2.05) is 21.6 Å². The van der Waals surface area contributed by atoms with Crippen molar-refractivity contribution in [1.29, 1.82) is 0 Å². The van der Waals surface area contributed by atoms with Crippen molar-refractivity contribution in [1.82, 2.24) is 15.2 Å². The summed E-state index contributed by atoms with van der Waals surface area (Å²) in [5.74, 6) is 3.02. The van der Waals surface area contributed by atoms with E-state index >= 15 is 0 Å². The first-order valence-corrected chi connectivity index (χ1v) is 26.3. The molecule has 9 rings (SSSR count). The van der Waals surface area contributed by atoms with E-state index < -0.39 is 6.23 Å². The SMILES string of the molecule is CC(C[NH2+]c1ccccc1N(C)CC=Cc1ccc(N2CCC3(CC3)C2)cc1)NCCSSCCNC(O)Cn1c(C=Cc2ccc(N3CCC4(CC4)C3)cc2)[n+](C)c2ccccc21. The Morgan fingerprint density at radius 2 is 1.34 bits per heavy atom. The molecule has 5 aromatic rings. The Morgan fingerprint density at radius 1 is 0.750 bits per heavy atom. The Bertz CT molecular complexity index is 2370. The van der Waals surface area contributed by atoms with E-state index in [0.717, 1.165) is 54.5 Å². The van der Waals surface area contributed by atoms with Crippen molar-refractivity contribution in [2.75, 3.05) is 85.6 Å². The molecule has 11 heteroatoms. The van der Waals surface area contributed by atoms with Crippen molar-refractivity contribution in [3.63, 3.8) is 0 Å². The number of aliphatic hydroxyl groups is 1. The molecule has 2 aliphatic carbocycles. The second-order valence-electron chi connectivity index (χ2n) is 19.1. The molecule has 4 aromatic carbocycles. The first-order valence-electron chi connectivity index (χ1n) is 23.8. The molecule has 4 fully saturated rings. The van der Waals surface area contributed by atoms with Crippen LogP contribution in [-0.2, 0) is 13.6 Å². The standard InChI is InChI=1S/C53H69N8OS2/c1-41(37-56-46-10-4-5-11-47(46)57(2)32-8-9-42-14-19-44(20-15-42)59-33-28-52(39-59)24-25-52)54-30-35-63-64-36-31-55-50(62)38-61-49-13-7-6-12-48(49)58(3)51(61)23-18-43-16-21-45(22-17-43)60-34-29-53(40-60)26-27-53/h4-23,41,50,54-56,62H,24-40H2,1-3H3/q+1/p+1. The molecule has 3 heterocycles. The number of benzene rings is 4. The highest BCUT2D eigenvalue weighted by molar-refractivity contribution is 8.76. The summed E-state index contributed by atoms with van der Waals surface area (Å²) >= 11 is 0. The van der Waals surface area contributed by atoms with Crippen LogP contribution in [-0.4, -0.2) is 92.9 Å². The normalized spacial score (nSPS) is 18.4. The van der Waals surface area contributed by atoms with Gasteiger partial charge in [0.2, 0.25) is 0 Å². The number of fused-ring (bicyclic) bond motifs is 1. The van der Waals surface area contributed by atoms with Gasteiger partial charge in [-0.3, -0.25) is 5.32 Å². The van der Waals surface area contributed by atoms with Gasteiger partial charge >= 0.3 is 0 Å². The van der Waals surface area contributed by atoms with E-state index in [2.05, 4.69) is 182 Å². The summed E-state index contributed by atoms with van der Waals surface area (Å²) in [6.45, 7) is 11.1. The number of likely N-dealkylation sites (N-methyl/N-ethyl adjacent to an activating group) is 1. The van der Waals surface area contributed by atoms with E-state index in [9.17, 15) is 5.11 Å². The molecule has 338 valence electrons. The summed E-state index contributed by atoms with van der Waals surface area (Å²) in [5, 5.41) is 20.6. The largest absolute Gasteiger partial charge is 0.374 e. The molecular formula is C53H70N8OS2+2. The number of quaternary nitrogens is 1. The van der Waals surface area contributed by atoms with E-state index in [1.165, 1.54) is 98.6 Å². The molecule has 0 bridgehead atoms. The van der Waals surface area contributed by atoms with Crippen molar-refractivity contribution in [3.8, 4) is 0 Å². The highest BCUT2D eigenvalue weighted by Crippen LogP contribution is 2.54. The zero-order valence-electron chi connectivity index (χ0n) is 38.3. The number of hydrogen-bond donors (Lipinski definition) is 4. The molecule has 2 saturated heterocycles. The number of aliphatic hydroxyl groups excluding tert-OH is 1. The first kappa shape index (κ1) is 44.9. The summed E-state index contributed by atoms with van der Waals surface area (Å²) in [6.07, 6.45) is 16.6. The van der Waals surface area contributed by atoms with E-state index in [1.54, 1.807) is 0 Å². The fourth-order valence-corrected chi connectivity index (χ4v) is 11.7. The quantitative estimate of drug-likeness (QED) is 0.0184. The molecular weight excluding hydrogens is 829 g/mol. The number of para-hydroxylation sites is 4. The average Bonchev–Trinajstić information content (AvgIpc) is 4.13. The number of nitrogens with one attached hydrogen (secondary N) is 2. The number of aromatic nitrogens is 2. The zero-order valence-corrected chi connectivity index (χ0v) is 39.9. The Labute approximate surface area is 389 Å². The summed E-state index contributed by atoms with van der Waals surface area (Å²) in [5.41, 5.74) is 11.2. The van der Waals surface area contributed by atoms with E-state index in [0.29, 0.717) is 23.4 Å². The molecule has 2 aliphatic heterocycles. The third-order valence-electron chi connectivity index (χ3n) is 14.3. The van der Waals surface area contributed by atoms with Crippen LogP contribution in [0.1, 0.15) is 62.4 Å². The van der Waals surface area contributed by atoms with Crippen molar-refractivity contribution >= 4 is 73.6 Å². The van der Waals surface area contributed by atoms with Gasteiger partial charge in [-0.1, -0.05) is 82.3 Å². The van der Waals surface area contributed by atoms with Gasteiger partial charge in [0.15, 0.2) is 16.7 Å². The van der Waals surface area contributed by atoms with Gasteiger partial charge < -0.3 is 30.4 Å². The van der Waals surface area contributed by atoms with E-state index in [4.69, 9.17) is 0 Å². The van der Waals surface area contributed by atoms with Crippen LogP contribution >= 0.6 is 21.6 Å². The van der Waals surface area contributed by atoms with Gasteiger partial charge in [0.1, 0.15) is 12.8 Å². The number of nitrogens with two attached hydrogens (primary N) is 1. The maximum Gasteiger partial charge on any atom is 0.282 e. The lowest BCUT2D eigenvalue weighted by Gasteiger charge is -2.20. The predicted octanol–water partition coefficient (Wildman–Crippen LogP) is 7.93. The molecule has 2 saturated carbocycles. The molecule has 1 aromatic heterocycles. The zero-order chi connectivity index (χ0) is 43.9. The van der Waals surface area contributed by atoms with Crippen LogP contribution in [0.2, 0.25) is 0 Å². The lowest BCUT2D eigenvalue weighted by atomic mass is 10.1. The van der Waals surface area contributed by atoms with Gasteiger partial charge in [0.05, 0.1) is 25.3 Å². The van der Waals surface area contributed by atoms with Gasteiger partial charge in [-0.05, 0) is 116 Å². The molecule has 0 radical (unpaired) electrons. The minimum absolute atomic E-state index is 0.389. The Hall–Kier alpha value is -4.23. The average molecular weight is 899 g/mol. The number of anilines is 3. The molecule has 2 unspecified atom stereocenters. The maximum atomic E-state index is 11.2. The second kappa shape index (κ2) is 20.5. The lowest BCUT2D eigenvalue weighted by Crippen LogP contribution is -2.81. The topological polar surface area (TPSA) is 79.4 Å². The van der Waals surface area contributed by atoms with Crippen LogP contribution in [0.4, 0.5) is 22.7 Å². The Kier molecular flexibility index (Phi) is 14.4. The highest BCUT2D eigenvalue weighted by Gasteiger charge is 2.48. The third kappa shape index (κ3) is 11.2. The second-order valence-corrected chi connectivity index (χ2v) is 21.8. The number of aryl methyl sites for hydroxylation is 1. The highest BCUT2D eigenvalue weighted by atomic mass is 33.1. The molecule has 9 nitrogen and oxygen atoms in total. The lowest BCUT2D eigenvalue weighted by molar-refractivity contribution is -0.647. The van der Waals surface area contributed by atoms with Crippen molar-refractivity contribution < 1.29 is 15.0 Å². The molecule has 2 spiro atoms. The Balaban J connectivity index is 0.661. The minimum atomic E-state index is -0.652. The summed E-state index contributed by atoms with van der Waals surface area (Å²) in [7, 11) is 8.06. The van der Waals surface area contributed by atoms with Crippen LogP contribution < -0.4 is 35.2 Å². The van der Waals surface area contributed by atoms with Crippen LogP contribution in [0.5, 0.6) is 0 Å².